The molecule has 0 bridgehead atoms. The second-order valence-electron chi connectivity index (χ2n) is 5.67. The number of nitrogens with zero attached hydrogens (tertiary/aromatic N) is 1. The molecule has 0 spiro atoms. The Bertz CT molecular complexity index is 565. The maximum Gasteiger partial charge on any atom is 0.342 e. The highest BCUT2D eigenvalue weighted by atomic mass is 79.9. The third-order valence-electron chi connectivity index (χ3n) is 3.99. The van der Waals surface area contributed by atoms with Crippen molar-refractivity contribution >= 4 is 27.8 Å². The number of benzene rings is 1. The molecule has 1 fully saturated rings. The van der Waals surface area contributed by atoms with Crippen LogP contribution in [0.5, 0.6) is 5.75 Å². The topological polar surface area (TPSA) is 66.8 Å². The van der Waals surface area contributed by atoms with Crippen molar-refractivity contribution in [1.82, 2.24) is 4.90 Å². The predicted molar refractivity (Wildman–Crippen MR) is 85.7 cm³/mol. The number of rotatable bonds is 3. The molecule has 0 aromatic heterocycles. The number of esters is 1. The fourth-order valence-electron chi connectivity index (χ4n) is 2.86. The summed E-state index contributed by atoms with van der Waals surface area (Å²) in [5.41, 5.74) is 0.0434. The summed E-state index contributed by atoms with van der Waals surface area (Å²) in [5, 5.41) is 9.69. The number of likely N-dealkylation sites (tertiary alicyclic amines) is 1. The molecule has 2 rings (SSSR count). The molecule has 1 aliphatic heterocycles. The van der Waals surface area contributed by atoms with Crippen LogP contribution in [0.3, 0.4) is 0 Å². The molecule has 6 heteroatoms. The lowest BCUT2D eigenvalue weighted by molar-refractivity contribution is -0.140. The van der Waals surface area contributed by atoms with Crippen LogP contribution in [0.4, 0.5) is 0 Å². The van der Waals surface area contributed by atoms with Gasteiger partial charge in [-0.2, -0.15) is 0 Å². The molecule has 1 aliphatic rings. The van der Waals surface area contributed by atoms with Gasteiger partial charge in [-0.1, -0.05) is 15.9 Å². The van der Waals surface area contributed by atoms with E-state index in [1.54, 1.807) is 11.0 Å². The highest BCUT2D eigenvalue weighted by Gasteiger charge is 2.29. The minimum atomic E-state index is -0.704. The summed E-state index contributed by atoms with van der Waals surface area (Å²) < 4.78 is 5.72. The molecule has 2 atom stereocenters. The molecule has 1 N–H and O–H groups in total. The minimum Gasteiger partial charge on any atom is -0.507 e. The molecule has 1 amide bonds. The van der Waals surface area contributed by atoms with Crippen LogP contribution in [-0.2, 0) is 9.53 Å². The fraction of sp³-hybridized carbons (Fsp3) is 0.500. The van der Waals surface area contributed by atoms with Crippen LogP contribution in [0.1, 0.15) is 43.5 Å². The fourth-order valence-corrected chi connectivity index (χ4v) is 3.23. The van der Waals surface area contributed by atoms with Crippen LogP contribution >= 0.6 is 15.9 Å². The second-order valence-corrected chi connectivity index (χ2v) is 6.58. The largest absolute Gasteiger partial charge is 0.507 e. The molecule has 0 aliphatic carbocycles. The first-order valence-electron chi connectivity index (χ1n) is 7.37. The quantitative estimate of drug-likeness (QED) is 0.831. The lowest BCUT2D eigenvalue weighted by Crippen LogP contribution is -2.49. The first kappa shape index (κ1) is 16.8. The number of hydrogen-bond acceptors (Lipinski definition) is 4. The van der Waals surface area contributed by atoms with Crippen LogP contribution in [-0.4, -0.2) is 40.6 Å². The molecule has 1 saturated heterocycles. The summed E-state index contributed by atoms with van der Waals surface area (Å²) in [6.45, 7) is 3.71. The Labute approximate surface area is 138 Å². The van der Waals surface area contributed by atoms with Gasteiger partial charge in [0.25, 0.3) is 5.91 Å². The maximum atomic E-state index is 12.3. The van der Waals surface area contributed by atoms with E-state index in [0.717, 1.165) is 19.3 Å². The Balaban J connectivity index is 1.98. The van der Waals surface area contributed by atoms with Gasteiger partial charge in [0, 0.05) is 16.6 Å². The van der Waals surface area contributed by atoms with Crippen molar-refractivity contribution in [3.05, 3.63) is 28.2 Å². The third kappa shape index (κ3) is 3.80. The molecule has 1 aromatic carbocycles. The number of phenols is 1. The van der Waals surface area contributed by atoms with E-state index in [0.29, 0.717) is 4.47 Å². The van der Waals surface area contributed by atoms with Crippen LogP contribution in [0.2, 0.25) is 0 Å². The van der Waals surface area contributed by atoms with Crippen molar-refractivity contribution in [3.8, 4) is 5.75 Å². The number of ether oxygens (including phenoxy) is 1. The van der Waals surface area contributed by atoms with E-state index in [4.69, 9.17) is 4.74 Å². The lowest BCUT2D eigenvalue weighted by atomic mass is 9.97. The van der Waals surface area contributed by atoms with Crippen molar-refractivity contribution in [2.75, 3.05) is 6.61 Å². The number of aromatic hydroxyl groups is 1. The molecule has 0 saturated carbocycles. The SMILES string of the molecule is C[C@@H]1CCC[C@@H](C)N1C(=O)COC(=O)c1cc(Br)ccc1O. The summed E-state index contributed by atoms with van der Waals surface area (Å²) in [6.07, 6.45) is 3.05. The predicted octanol–water partition coefficient (Wildman–Crippen LogP) is 3.10. The van der Waals surface area contributed by atoms with Gasteiger partial charge in [-0.05, 0) is 51.3 Å². The summed E-state index contributed by atoms with van der Waals surface area (Å²) >= 11 is 3.23. The number of piperidine rings is 1. The molecular formula is C16H20BrNO4. The van der Waals surface area contributed by atoms with Crippen LogP contribution in [0.15, 0.2) is 22.7 Å². The van der Waals surface area contributed by atoms with Crippen molar-refractivity contribution in [1.29, 1.82) is 0 Å². The zero-order valence-electron chi connectivity index (χ0n) is 12.7. The number of carbonyl (C=O) groups excluding carboxylic acids is 2. The van der Waals surface area contributed by atoms with E-state index in [1.807, 2.05) is 13.8 Å². The lowest BCUT2D eigenvalue weighted by Gasteiger charge is -2.38. The van der Waals surface area contributed by atoms with E-state index in [-0.39, 0.29) is 35.9 Å². The number of amides is 1. The van der Waals surface area contributed by atoms with E-state index in [9.17, 15) is 14.7 Å². The van der Waals surface area contributed by atoms with Gasteiger partial charge >= 0.3 is 5.97 Å². The minimum absolute atomic E-state index is 0.0434. The standard InChI is InChI=1S/C16H20BrNO4/c1-10-4-3-5-11(2)18(10)15(20)9-22-16(21)13-8-12(17)6-7-14(13)19/h6-8,10-11,19H,3-5,9H2,1-2H3/t10-,11-/m1/s1. The number of halogens is 1. The molecule has 0 unspecified atom stereocenters. The molecule has 120 valence electrons. The van der Waals surface area contributed by atoms with Gasteiger partial charge in [0.2, 0.25) is 0 Å². The second kappa shape index (κ2) is 7.13. The van der Waals surface area contributed by atoms with Crippen molar-refractivity contribution in [2.24, 2.45) is 0 Å². The number of phenolic OH excluding ortho intramolecular Hbond substituents is 1. The summed E-state index contributed by atoms with van der Waals surface area (Å²) in [5.74, 6) is -1.06. The van der Waals surface area contributed by atoms with Gasteiger partial charge < -0.3 is 14.7 Å². The molecule has 22 heavy (non-hydrogen) atoms. The van der Waals surface area contributed by atoms with Gasteiger partial charge in [0.15, 0.2) is 6.61 Å². The molecule has 1 aromatic rings. The van der Waals surface area contributed by atoms with E-state index in [2.05, 4.69) is 15.9 Å². The average Bonchev–Trinajstić information content (AvgIpc) is 2.47. The van der Waals surface area contributed by atoms with Crippen molar-refractivity contribution in [3.63, 3.8) is 0 Å². The van der Waals surface area contributed by atoms with Gasteiger partial charge in [0.05, 0.1) is 0 Å². The normalized spacial score (nSPS) is 21.5. The highest BCUT2D eigenvalue weighted by Crippen LogP contribution is 2.24. The Morgan fingerprint density at radius 1 is 1.32 bits per heavy atom. The zero-order chi connectivity index (χ0) is 16.3. The van der Waals surface area contributed by atoms with Gasteiger partial charge in [0.1, 0.15) is 11.3 Å². The Morgan fingerprint density at radius 2 is 1.95 bits per heavy atom. The summed E-state index contributed by atoms with van der Waals surface area (Å²) in [6, 6.07) is 4.81. The van der Waals surface area contributed by atoms with E-state index >= 15 is 0 Å². The van der Waals surface area contributed by atoms with E-state index in [1.165, 1.54) is 12.1 Å². The van der Waals surface area contributed by atoms with Gasteiger partial charge in [-0.3, -0.25) is 4.79 Å². The molecule has 5 nitrogen and oxygen atoms in total. The van der Waals surface area contributed by atoms with Gasteiger partial charge in [-0.25, -0.2) is 4.79 Å². The smallest absolute Gasteiger partial charge is 0.342 e. The average molecular weight is 370 g/mol. The van der Waals surface area contributed by atoms with E-state index < -0.39 is 5.97 Å². The highest BCUT2D eigenvalue weighted by molar-refractivity contribution is 9.10. The molecule has 1 heterocycles. The van der Waals surface area contributed by atoms with Crippen LogP contribution in [0.25, 0.3) is 0 Å². The number of hydrogen-bond donors (Lipinski definition) is 1. The Hall–Kier alpha value is -1.56. The third-order valence-corrected chi connectivity index (χ3v) is 4.48. The maximum absolute atomic E-state index is 12.3. The first-order valence-corrected chi connectivity index (χ1v) is 8.16. The Morgan fingerprint density at radius 3 is 2.59 bits per heavy atom. The number of carbonyl (C=O) groups is 2. The summed E-state index contributed by atoms with van der Waals surface area (Å²) in [4.78, 5) is 26.1. The van der Waals surface area contributed by atoms with Gasteiger partial charge in [-0.15, -0.1) is 0 Å². The van der Waals surface area contributed by atoms with Crippen molar-refractivity contribution < 1.29 is 19.4 Å². The first-order chi connectivity index (χ1) is 10.4. The van der Waals surface area contributed by atoms with Crippen molar-refractivity contribution in [2.45, 2.75) is 45.2 Å². The van der Waals surface area contributed by atoms with Crippen LogP contribution < -0.4 is 0 Å². The molecule has 0 radical (unpaired) electrons. The Kier molecular flexibility index (Phi) is 5.45. The zero-order valence-corrected chi connectivity index (χ0v) is 14.3. The monoisotopic (exact) mass is 369 g/mol. The van der Waals surface area contributed by atoms with Crippen LogP contribution in [0, 0.1) is 0 Å². The summed E-state index contributed by atoms with van der Waals surface area (Å²) in [7, 11) is 0. The molecular weight excluding hydrogens is 350 g/mol.